The number of aliphatic carboxylic acids is 1. The van der Waals surface area contributed by atoms with Crippen LogP contribution < -0.4 is 5.73 Å². The van der Waals surface area contributed by atoms with Gasteiger partial charge in [0, 0.05) is 22.2 Å². The molecule has 0 aromatic heterocycles. The third-order valence-electron chi connectivity index (χ3n) is 2.30. The van der Waals surface area contributed by atoms with Crippen molar-refractivity contribution in [1.29, 1.82) is 0 Å². The molecule has 2 amide bonds. The zero-order valence-corrected chi connectivity index (χ0v) is 12.1. The first-order chi connectivity index (χ1) is 9.70. The number of hydrogen-bond donors (Lipinski definition) is 2. The van der Waals surface area contributed by atoms with E-state index in [0.29, 0.717) is 4.90 Å². The number of primary amides is 1. The van der Waals surface area contributed by atoms with E-state index >= 15 is 0 Å². The number of carbonyl (C=O) groups excluding carboxylic acids is 2. The van der Waals surface area contributed by atoms with E-state index in [4.69, 9.17) is 10.8 Å². The maximum atomic E-state index is 12.2. The van der Waals surface area contributed by atoms with Crippen molar-refractivity contribution in [3.05, 3.63) is 38.3 Å². The number of carboxylic acid groups (broad SMARTS) is 1. The standard InChI is InChI=1S/C11H10BrN3O6/c12-7-1-6(2-8(3-7)15(20)21)11(19)14(4-9(13)16)5-10(17)18/h1-3H,4-5H2,(H2,13,16)(H,17,18). The minimum atomic E-state index is -1.34. The molecule has 0 spiro atoms. The van der Waals surface area contributed by atoms with Crippen LogP contribution in [0.3, 0.4) is 0 Å². The van der Waals surface area contributed by atoms with E-state index in [1.807, 2.05) is 0 Å². The average Bonchev–Trinajstić information content (AvgIpc) is 2.35. The summed E-state index contributed by atoms with van der Waals surface area (Å²) in [6.45, 7) is -1.35. The topological polar surface area (TPSA) is 144 Å². The summed E-state index contributed by atoms with van der Waals surface area (Å²) in [6, 6.07) is 3.46. The Labute approximate surface area is 126 Å². The maximum absolute atomic E-state index is 12.2. The number of hydrogen-bond acceptors (Lipinski definition) is 5. The molecule has 21 heavy (non-hydrogen) atoms. The molecule has 0 heterocycles. The quantitative estimate of drug-likeness (QED) is 0.554. The van der Waals surface area contributed by atoms with Crippen LogP contribution in [0, 0.1) is 10.1 Å². The van der Waals surface area contributed by atoms with Gasteiger partial charge in [-0.2, -0.15) is 0 Å². The molecule has 0 saturated carbocycles. The highest BCUT2D eigenvalue weighted by molar-refractivity contribution is 9.10. The summed E-state index contributed by atoms with van der Waals surface area (Å²) < 4.78 is 0.273. The van der Waals surface area contributed by atoms with Crippen molar-refractivity contribution >= 4 is 39.4 Å². The second-order valence-electron chi connectivity index (χ2n) is 3.98. The third-order valence-corrected chi connectivity index (χ3v) is 2.76. The van der Waals surface area contributed by atoms with Crippen LogP contribution in [0.5, 0.6) is 0 Å². The van der Waals surface area contributed by atoms with Crippen molar-refractivity contribution in [2.75, 3.05) is 13.1 Å². The molecule has 1 rings (SSSR count). The van der Waals surface area contributed by atoms with Gasteiger partial charge in [0.25, 0.3) is 11.6 Å². The first-order valence-corrected chi connectivity index (χ1v) is 6.24. The van der Waals surface area contributed by atoms with Crippen LogP contribution >= 0.6 is 15.9 Å². The molecule has 112 valence electrons. The molecule has 0 atom stereocenters. The Morgan fingerprint density at radius 3 is 2.38 bits per heavy atom. The molecule has 0 bridgehead atoms. The summed E-state index contributed by atoms with van der Waals surface area (Å²) in [6.07, 6.45) is 0. The maximum Gasteiger partial charge on any atom is 0.323 e. The van der Waals surface area contributed by atoms with Gasteiger partial charge in [0.15, 0.2) is 0 Å². The van der Waals surface area contributed by atoms with Crippen molar-refractivity contribution in [2.45, 2.75) is 0 Å². The summed E-state index contributed by atoms with van der Waals surface area (Å²) in [4.78, 5) is 44.5. The molecule has 9 nitrogen and oxygen atoms in total. The van der Waals surface area contributed by atoms with E-state index in [1.165, 1.54) is 12.1 Å². The van der Waals surface area contributed by atoms with Gasteiger partial charge in [-0.3, -0.25) is 24.5 Å². The van der Waals surface area contributed by atoms with Crippen LogP contribution in [0.2, 0.25) is 0 Å². The van der Waals surface area contributed by atoms with Crippen molar-refractivity contribution in [2.24, 2.45) is 5.73 Å². The highest BCUT2D eigenvalue weighted by Gasteiger charge is 2.22. The van der Waals surface area contributed by atoms with Gasteiger partial charge in [0.1, 0.15) is 13.1 Å². The van der Waals surface area contributed by atoms with Gasteiger partial charge in [-0.25, -0.2) is 0 Å². The van der Waals surface area contributed by atoms with Crippen LogP contribution in [0.1, 0.15) is 10.4 Å². The van der Waals surface area contributed by atoms with E-state index in [1.54, 1.807) is 0 Å². The highest BCUT2D eigenvalue weighted by Crippen LogP contribution is 2.22. The van der Waals surface area contributed by atoms with Gasteiger partial charge in [-0.15, -0.1) is 0 Å². The molecule has 0 fully saturated rings. The van der Waals surface area contributed by atoms with E-state index in [0.717, 1.165) is 6.07 Å². The number of rotatable bonds is 6. The SMILES string of the molecule is NC(=O)CN(CC(=O)O)C(=O)c1cc(Br)cc([N+](=O)[O-])c1. The third kappa shape index (κ3) is 4.84. The Balaban J connectivity index is 3.16. The minimum Gasteiger partial charge on any atom is -0.480 e. The fourth-order valence-electron chi connectivity index (χ4n) is 1.54. The minimum absolute atomic E-state index is 0.126. The summed E-state index contributed by atoms with van der Waals surface area (Å²) in [5.41, 5.74) is 4.48. The highest BCUT2D eigenvalue weighted by atomic mass is 79.9. The molecule has 1 aromatic carbocycles. The molecule has 3 N–H and O–H groups in total. The first-order valence-electron chi connectivity index (χ1n) is 5.45. The average molecular weight is 360 g/mol. The summed E-state index contributed by atoms with van der Waals surface area (Å²) in [5.74, 6) is -3.08. The molecule has 0 aliphatic carbocycles. The number of carboxylic acids is 1. The van der Waals surface area contributed by atoms with Crippen LogP contribution in [0.4, 0.5) is 5.69 Å². The molecule has 0 aliphatic heterocycles. The second kappa shape index (κ2) is 6.79. The molecule has 0 radical (unpaired) electrons. The zero-order chi connectivity index (χ0) is 16.2. The van der Waals surface area contributed by atoms with Gasteiger partial charge in [-0.1, -0.05) is 15.9 Å². The molecule has 0 unspecified atom stereocenters. The fourth-order valence-corrected chi connectivity index (χ4v) is 2.02. The number of nitro benzene ring substituents is 1. The predicted octanol–water partition coefficient (Wildman–Crippen LogP) is 0.369. The van der Waals surface area contributed by atoms with Crippen LogP contribution in [-0.2, 0) is 9.59 Å². The fraction of sp³-hybridized carbons (Fsp3) is 0.182. The molecule has 1 aromatic rings. The molecule has 0 saturated heterocycles. The lowest BCUT2D eigenvalue weighted by Crippen LogP contribution is -2.41. The number of amides is 2. The van der Waals surface area contributed by atoms with Gasteiger partial charge in [0.2, 0.25) is 5.91 Å². The van der Waals surface area contributed by atoms with Crippen LogP contribution in [0.15, 0.2) is 22.7 Å². The van der Waals surface area contributed by atoms with Crippen LogP contribution in [-0.4, -0.2) is 45.8 Å². The second-order valence-corrected chi connectivity index (χ2v) is 4.89. The number of benzene rings is 1. The normalized spacial score (nSPS) is 9.95. The van der Waals surface area contributed by atoms with E-state index in [-0.39, 0.29) is 15.7 Å². The summed E-state index contributed by atoms with van der Waals surface area (Å²) >= 11 is 3.02. The van der Waals surface area contributed by atoms with E-state index in [2.05, 4.69) is 15.9 Å². The number of halogens is 1. The molecular formula is C11H10BrN3O6. The first kappa shape index (κ1) is 16.6. The lowest BCUT2D eigenvalue weighted by Gasteiger charge is -2.18. The Hall–Kier alpha value is -2.49. The van der Waals surface area contributed by atoms with Crippen molar-refractivity contribution in [3.8, 4) is 0 Å². The number of non-ortho nitro benzene ring substituents is 1. The van der Waals surface area contributed by atoms with Crippen molar-refractivity contribution in [3.63, 3.8) is 0 Å². The largest absolute Gasteiger partial charge is 0.480 e. The van der Waals surface area contributed by atoms with Gasteiger partial charge >= 0.3 is 5.97 Å². The van der Waals surface area contributed by atoms with Crippen molar-refractivity contribution in [1.82, 2.24) is 4.90 Å². The smallest absolute Gasteiger partial charge is 0.323 e. The predicted molar refractivity (Wildman–Crippen MR) is 73.5 cm³/mol. The zero-order valence-electron chi connectivity index (χ0n) is 10.5. The Morgan fingerprint density at radius 1 is 1.29 bits per heavy atom. The Kier molecular flexibility index (Phi) is 5.36. The molecule has 0 aliphatic rings. The monoisotopic (exact) mass is 359 g/mol. The van der Waals surface area contributed by atoms with Gasteiger partial charge < -0.3 is 15.7 Å². The lowest BCUT2D eigenvalue weighted by molar-refractivity contribution is -0.385. The number of nitrogens with zero attached hydrogens (tertiary/aromatic N) is 2. The molecular weight excluding hydrogens is 350 g/mol. The lowest BCUT2D eigenvalue weighted by atomic mass is 10.1. The van der Waals surface area contributed by atoms with Gasteiger partial charge in [-0.05, 0) is 6.07 Å². The number of nitrogens with two attached hydrogens (primary N) is 1. The molecule has 10 heteroatoms. The summed E-state index contributed by atoms with van der Waals surface area (Å²) in [7, 11) is 0. The number of carbonyl (C=O) groups is 3. The van der Waals surface area contributed by atoms with E-state index < -0.39 is 35.8 Å². The summed E-state index contributed by atoms with van der Waals surface area (Å²) in [5, 5.41) is 19.5. The van der Waals surface area contributed by atoms with Crippen LogP contribution in [0.25, 0.3) is 0 Å². The van der Waals surface area contributed by atoms with E-state index in [9.17, 15) is 24.5 Å². The Bertz CT molecular complexity index is 602. The van der Waals surface area contributed by atoms with Gasteiger partial charge in [0.05, 0.1) is 4.92 Å². The Morgan fingerprint density at radius 2 is 1.90 bits per heavy atom. The number of nitro groups is 1. The van der Waals surface area contributed by atoms with Crippen molar-refractivity contribution < 1.29 is 24.4 Å².